The van der Waals surface area contributed by atoms with E-state index in [1.165, 1.54) is 59.3 Å². The van der Waals surface area contributed by atoms with Crippen molar-refractivity contribution in [1.82, 2.24) is 0 Å². The molecule has 0 aliphatic rings. The van der Waals surface area contributed by atoms with E-state index in [0.29, 0.717) is 0 Å². The van der Waals surface area contributed by atoms with E-state index in [0.717, 1.165) is 24.3 Å². The summed E-state index contributed by atoms with van der Waals surface area (Å²) in [5.74, 6) is 0. The van der Waals surface area contributed by atoms with Crippen LogP contribution in [0.15, 0.2) is 103 Å². The predicted molar refractivity (Wildman–Crippen MR) is 157 cm³/mol. The van der Waals surface area contributed by atoms with Crippen LogP contribution in [0, 0.1) is 0 Å². The van der Waals surface area contributed by atoms with Crippen molar-refractivity contribution in [3.8, 4) is 5.06 Å². The van der Waals surface area contributed by atoms with E-state index in [4.69, 9.17) is 4.74 Å². The van der Waals surface area contributed by atoms with E-state index in [2.05, 4.69) is 110 Å². The molecular formula is C32H38BrOPS. The fourth-order valence-corrected chi connectivity index (χ4v) is 10.3. The normalized spacial score (nSPS) is 11.1. The van der Waals surface area contributed by atoms with Crippen molar-refractivity contribution in [3.63, 3.8) is 0 Å². The molecule has 0 unspecified atom stereocenters. The van der Waals surface area contributed by atoms with Crippen LogP contribution >= 0.6 is 18.6 Å². The molecule has 1 nitrogen and oxygen atoms in total. The molecule has 3 aromatic carbocycles. The number of thiophene rings is 1. The first-order valence-electron chi connectivity index (χ1n) is 13.1. The smallest absolute Gasteiger partial charge is 0.174 e. The summed E-state index contributed by atoms with van der Waals surface area (Å²) in [5, 5.41) is 5.34. The van der Waals surface area contributed by atoms with Gasteiger partial charge in [0.15, 0.2) is 5.06 Å². The highest BCUT2D eigenvalue weighted by Gasteiger charge is 2.45. The van der Waals surface area contributed by atoms with Crippen LogP contribution in [0.25, 0.3) is 0 Å². The monoisotopic (exact) mass is 580 g/mol. The predicted octanol–water partition coefficient (Wildman–Crippen LogP) is 5.38. The lowest BCUT2D eigenvalue weighted by molar-refractivity contribution is -0.00000738. The number of unbranched alkanes of at least 4 members (excludes halogenated alkanes) is 6. The van der Waals surface area contributed by atoms with Crippen LogP contribution in [0.5, 0.6) is 5.06 Å². The van der Waals surface area contributed by atoms with Gasteiger partial charge in [-0.25, -0.2) is 0 Å². The van der Waals surface area contributed by atoms with Crippen molar-refractivity contribution in [3.05, 3.63) is 108 Å². The van der Waals surface area contributed by atoms with Gasteiger partial charge < -0.3 is 21.7 Å². The molecule has 0 saturated heterocycles. The van der Waals surface area contributed by atoms with Gasteiger partial charge >= 0.3 is 0 Å². The average Bonchev–Trinajstić information content (AvgIpc) is 3.37. The SMILES string of the molecule is CCCCCCCCCOc1ccc(C[P+](c2ccccc2)(c2ccccc2)c2ccccc2)s1.[Br-]. The lowest BCUT2D eigenvalue weighted by atomic mass is 10.1. The molecule has 0 aliphatic heterocycles. The van der Waals surface area contributed by atoms with Crippen LogP contribution in [-0.2, 0) is 6.16 Å². The Bertz CT molecular complexity index is 1020. The van der Waals surface area contributed by atoms with E-state index in [-0.39, 0.29) is 17.0 Å². The fourth-order valence-electron chi connectivity index (χ4n) is 4.75. The Morgan fingerprint density at radius 1 is 0.583 bits per heavy atom. The topological polar surface area (TPSA) is 9.23 Å². The Labute approximate surface area is 233 Å². The Morgan fingerprint density at radius 3 is 1.56 bits per heavy atom. The molecule has 0 saturated carbocycles. The molecule has 0 spiro atoms. The highest BCUT2D eigenvalue weighted by atomic mass is 79.9. The maximum Gasteiger partial charge on any atom is 0.174 e. The van der Waals surface area contributed by atoms with Gasteiger partial charge in [-0.3, -0.25) is 0 Å². The Morgan fingerprint density at radius 2 is 1.06 bits per heavy atom. The van der Waals surface area contributed by atoms with Gasteiger partial charge in [0, 0.05) is 4.88 Å². The maximum absolute atomic E-state index is 6.18. The molecule has 0 radical (unpaired) electrons. The standard InChI is InChI=1S/C32H38OPS.BrH/c1-2-3-4-5-6-7-17-26-33-32-25-24-31(35-32)27-34(28-18-11-8-12-19-28,29-20-13-9-14-21-29)30-22-15-10-16-23-30;/h8-16,18-25H,2-7,17,26-27H2,1H3;1H/q+1;/p-1. The van der Waals surface area contributed by atoms with Crippen LogP contribution in [-0.4, -0.2) is 6.61 Å². The summed E-state index contributed by atoms with van der Waals surface area (Å²) in [4.78, 5) is 1.39. The summed E-state index contributed by atoms with van der Waals surface area (Å²) in [6, 6.07) is 37.8. The van der Waals surface area contributed by atoms with Crippen LogP contribution in [0.1, 0.15) is 56.7 Å². The molecule has 0 N–H and O–H groups in total. The van der Waals surface area contributed by atoms with Gasteiger partial charge in [-0.05, 0) is 55.0 Å². The number of halogens is 1. The minimum atomic E-state index is -1.86. The second kappa shape index (κ2) is 15.4. The minimum absolute atomic E-state index is 0. The third kappa shape index (κ3) is 7.54. The average molecular weight is 582 g/mol. The minimum Gasteiger partial charge on any atom is -1.00 e. The number of rotatable bonds is 14. The van der Waals surface area contributed by atoms with Gasteiger partial charge in [-0.15, -0.1) is 11.3 Å². The molecule has 0 bridgehead atoms. The van der Waals surface area contributed by atoms with Crippen molar-refractivity contribution in [2.24, 2.45) is 0 Å². The first-order chi connectivity index (χ1) is 17.3. The third-order valence-corrected chi connectivity index (χ3v) is 12.2. The van der Waals surface area contributed by atoms with Crippen molar-refractivity contribution in [1.29, 1.82) is 0 Å². The molecule has 1 heterocycles. The summed E-state index contributed by atoms with van der Waals surface area (Å²) in [6.45, 7) is 3.10. The van der Waals surface area contributed by atoms with Crippen molar-refractivity contribution >= 4 is 34.5 Å². The van der Waals surface area contributed by atoms with E-state index in [9.17, 15) is 0 Å². The van der Waals surface area contributed by atoms with Gasteiger partial charge in [-0.2, -0.15) is 0 Å². The Balaban J connectivity index is 0.00000361. The lowest BCUT2D eigenvalue weighted by Crippen LogP contribution is -3.00. The molecule has 190 valence electrons. The molecule has 36 heavy (non-hydrogen) atoms. The van der Waals surface area contributed by atoms with E-state index in [1.807, 2.05) is 11.3 Å². The van der Waals surface area contributed by atoms with Crippen molar-refractivity contribution < 1.29 is 21.7 Å². The molecule has 4 rings (SSSR count). The Kier molecular flexibility index (Phi) is 12.2. The molecule has 4 aromatic rings. The number of ether oxygens (including phenoxy) is 1. The second-order valence-corrected chi connectivity index (χ2v) is 13.8. The first kappa shape index (κ1) is 28.6. The molecule has 0 atom stereocenters. The molecule has 4 heteroatoms. The highest BCUT2D eigenvalue weighted by molar-refractivity contribution is 7.95. The van der Waals surface area contributed by atoms with Crippen molar-refractivity contribution in [2.75, 3.05) is 6.61 Å². The van der Waals surface area contributed by atoms with Gasteiger partial charge in [0.1, 0.15) is 29.3 Å². The largest absolute Gasteiger partial charge is 1.00 e. The summed E-state index contributed by atoms with van der Waals surface area (Å²) in [5.41, 5.74) is 0. The van der Waals surface area contributed by atoms with Crippen molar-refractivity contribution in [2.45, 2.75) is 58.0 Å². The summed E-state index contributed by atoms with van der Waals surface area (Å²) in [7, 11) is -1.86. The van der Waals surface area contributed by atoms with E-state index in [1.54, 1.807) is 0 Å². The number of hydrogen-bond acceptors (Lipinski definition) is 2. The maximum atomic E-state index is 6.18. The zero-order valence-corrected chi connectivity index (χ0v) is 24.6. The quantitative estimate of drug-likeness (QED) is 0.144. The van der Waals surface area contributed by atoms with Gasteiger partial charge in [-0.1, -0.05) is 100 Å². The van der Waals surface area contributed by atoms with Crippen LogP contribution in [0.4, 0.5) is 0 Å². The molecule has 0 aliphatic carbocycles. The zero-order chi connectivity index (χ0) is 24.2. The molecular weight excluding hydrogens is 543 g/mol. The Hall–Kier alpha value is -1.93. The van der Waals surface area contributed by atoms with Gasteiger partial charge in [0.2, 0.25) is 0 Å². The fraction of sp³-hybridized carbons (Fsp3) is 0.312. The number of hydrogen-bond donors (Lipinski definition) is 0. The molecule has 1 aromatic heterocycles. The first-order valence-corrected chi connectivity index (χ1v) is 15.9. The summed E-state index contributed by atoms with van der Waals surface area (Å²) >= 11 is 1.82. The van der Waals surface area contributed by atoms with E-state index >= 15 is 0 Å². The van der Waals surface area contributed by atoms with Gasteiger partial charge in [0.05, 0.1) is 6.61 Å². The number of benzene rings is 3. The van der Waals surface area contributed by atoms with Crippen LogP contribution < -0.4 is 37.6 Å². The third-order valence-electron chi connectivity index (χ3n) is 6.61. The highest BCUT2D eigenvalue weighted by Crippen LogP contribution is 2.59. The summed E-state index contributed by atoms with van der Waals surface area (Å²) < 4.78 is 6.18. The molecule has 0 amide bonds. The van der Waals surface area contributed by atoms with Crippen LogP contribution in [0.2, 0.25) is 0 Å². The zero-order valence-electron chi connectivity index (χ0n) is 21.3. The summed E-state index contributed by atoms with van der Waals surface area (Å²) in [6.07, 6.45) is 10.2. The second-order valence-electron chi connectivity index (χ2n) is 9.17. The van der Waals surface area contributed by atoms with Gasteiger partial charge in [0.25, 0.3) is 0 Å². The van der Waals surface area contributed by atoms with Crippen LogP contribution in [0.3, 0.4) is 0 Å². The molecule has 0 fully saturated rings. The van der Waals surface area contributed by atoms with E-state index < -0.39 is 7.26 Å². The lowest BCUT2D eigenvalue weighted by Gasteiger charge is -2.27.